The number of nitrogens with zero attached hydrogens (tertiary/aromatic N) is 2. The number of hydrogen-bond acceptors (Lipinski definition) is 1. The Kier molecular flexibility index (Phi) is 6.66. The lowest BCUT2D eigenvalue weighted by Gasteiger charge is -2.13. The zero-order valence-electron chi connectivity index (χ0n) is 19.3. The maximum absolute atomic E-state index is 4.23. The molecule has 2 aromatic rings. The van der Waals surface area contributed by atoms with Gasteiger partial charge in [0.2, 0.25) is 16.7 Å². The molecule has 0 bridgehead atoms. The molecule has 0 spiro atoms. The fraction of sp³-hybridized carbons (Fsp3) is 0.0645. The Bertz CT molecular complexity index is 1390. The molecule has 162 valence electrons. The van der Waals surface area contributed by atoms with Crippen LogP contribution in [-0.2, 0) is 0 Å². The zero-order valence-corrected chi connectivity index (χ0v) is 19.3. The fourth-order valence-electron chi connectivity index (χ4n) is 3.81. The molecule has 0 atom stereocenters. The third kappa shape index (κ3) is 4.86. The van der Waals surface area contributed by atoms with E-state index in [-0.39, 0.29) is 0 Å². The monoisotopic (exact) mass is 429 g/mol. The predicted molar refractivity (Wildman–Crippen MR) is 142 cm³/mol. The molecule has 2 nitrogen and oxygen atoms in total. The second-order valence-corrected chi connectivity index (χ2v) is 8.01. The van der Waals surface area contributed by atoms with Gasteiger partial charge < -0.3 is 4.90 Å². The second-order valence-electron chi connectivity index (χ2n) is 8.01. The summed E-state index contributed by atoms with van der Waals surface area (Å²) in [5.41, 5.74) is 6.38. The van der Waals surface area contributed by atoms with Gasteiger partial charge in [-0.3, -0.25) is 0 Å². The van der Waals surface area contributed by atoms with Gasteiger partial charge in [-0.05, 0) is 59.6 Å². The van der Waals surface area contributed by atoms with Crippen LogP contribution in [0.1, 0.15) is 12.5 Å². The molecule has 0 N–H and O–H groups in total. The lowest BCUT2D eigenvalue weighted by Crippen LogP contribution is -2.48. The summed E-state index contributed by atoms with van der Waals surface area (Å²) in [4.78, 5) is 2.03. The van der Waals surface area contributed by atoms with Crippen molar-refractivity contribution in [1.82, 2.24) is 9.48 Å². The van der Waals surface area contributed by atoms with E-state index < -0.39 is 0 Å². The SMILES string of the molecule is C=C1/C=C\C=C/N(C)/C=C\C(c2ccc3c(c2)=C(/C=C\C=C/C)[N+]=3c2ccccc2)=C/C1=C. The van der Waals surface area contributed by atoms with Crippen molar-refractivity contribution >= 4 is 17.0 Å². The van der Waals surface area contributed by atoms with Crippen LogP contribution in [0.5, 0.6) is 0 Å². The van der Waals surface area contributed by atoms with Gasteiger partial charge in [0.05, 0.1) is 0 Å². The first-order valence-corrected chi connectivity index (χ1v) is 11.1. The molecule has 2 aromatic carbocycles. The Morgan fingerprint density at radius 2 is 1.70 bits per heavy atom. The van der Waals surface area contributed by atoms with Crippen LogP contribution in [0.3, 0.4) is 0 Å². The first kappa shape index (κ1) is 22.0. The van der Waals surface area contributed by atoms with Gasteiger partial charge in [0.1, 0.15) is 5.22 Å². The van der Waals surface area contributed by atoms with E-state index in [4.69, 9.17) is 0 Å². The van der Waals surface area contributed by atoms with Crippen LogP contribution in [0.2, 0.25) is 0 Å². The number of allylic oxidation sites excluding steroid dienone is 11. The molecular formula is C31H29N2+. The Hall–Kier alpha value is -4.17. The average molecular weight is 430 g/mol. The van der Waals surface area contributed by atoms with E-state index in [1.807, 2.05) is 55.4 Å². The number of fused-ring (bicyclic) bond motifs is 1. The Labute approximate surface area is 196 Å². The van der Waals surface area contributed by atoms with E-state index in [9.17, 15) is 0 Å². The summed E-state index contributed by atoms with van der Waals surface area (Å²) < 4.78 is 2.30. The summed E-state index contributed by atoms with van der Waals surface area (Å²) in [6.07, 6.45) is 22.6. The van der Waals surface area contributed by atoms with Crippen LogP contribution >= 0.6 is 0 Å². The zero-order chi connectivity index (χ0) is 23.2. The van der Waals surface area contributed by atoms with Crippen molar-refractivity contribution in [3.63, 3.8) is 0 Å². The minimum atomic E-state index is 0.898. The molecular weight excluding hydrogens is 400 g/mol. The van der Waals surface area contributed by atoms with Crippen LogP contribution < -0.4 is 15.2 Å². The van der Waals surface area contributed by atoms with E-state index in [1.165, 1.54) is 16.3 Å². The highest BCUT2D eigenvalue weighted by molar-refractivity contribution is 5.79. The van der Waals surface area contributed by atoms with Gasteiger partial charge in [-0.2, -0.15) is 4.58 Å². The van der Waals surface area contributed by atoms with Gasteiger partial charge in [-0.25, -0.2) is 0 Å². The molecule has 0 saturated heterocycles. The topological polar surface area (TPSA) is 6.25 Å². The highest BCUT2D eigenvalue weighted by Crippen LogP contribution is 2.22. The first-order chi connectivity index (χ1) is 16.1. The summed E-state index contributed by atoms with van der Waals surface area (Å²) in [5.74, 6) is 0. The van der Waals surface area contributed by atoms with Crippen LogP contribution in [0.15, 0.2) is 140 Å². The molecule has 0 aromatic heterocycles. The molecule has 33 heavy (non-hydrogen) atoms. The lowest BCUT2D eigenvalue weighted by molar-refractivity contribution is 0.626. The molecule has 4 rings (SSSR count). The lowest BCUT2D eigenvalue weighted by atomic mass is 9.97. The van der Waals surface area contributed by atoms with E-state index >= 15 is 0 Å². The largest absolute Gasteiger partial charge is 0.357 e. The van der Waals surface area contributed by atoms with Crippen molar-refractivity contribution in [3.05, 3.63) is 156 Å². The van der Waals surface area contributed by atoms with Crippen molar-refractivity contribution in [3.8, 4) is 0 Å². The molecule has 0 saturated carbocycles. The highest BCUT2D eigenvalue weighted by Gasteiger charge is 2.26. The maximum atomic E-state index is 4.23. The molecule has 2 aliphatic rings. The summed E-state index contributed by atoms with van der Waals surface area (Å²) in [7, 11) is 2.02. The van der Waals surface area contributed by atoms with Crippen LogP contribution in [0.4, 0.5) is 5.69 Å². The van der Waals surface area contributed by atoms with Crippen molar-refractivity contribution in [1.29, 1.82) is 0 Å². The molecule has 0 radical (unpaired) electrons. The minimum absolute atomic E-state index is 0.898. The van der Waals surface area contributed by atoms with Crippen LogP contribution in [0, 0.1) is 0 Å². The molecule has 0 aliphatic carbocycles. The van der Waals surface area contributed by atoms with Crippen molar-refractivity contribution in [2.24, 2.45) is 0 Å². The van der Waals surface area contributed by atoms with Gasteiger partial charge in [-0.1, -0.05) is 61.7 Å². The third-order valence-corrected chi connectivity index (χ3v) is 5.62. The summed E-state index contributed by atoms with van der Waals surface area (Å²) in [6.45, 7) is 10.4. The van der Waals surface area contributed by atoms with Gasteiger partial charge in [-0.15, -0.1) is 0 Å². The van der Waals surface area contributed by atoms with Crippen molar-refractivity contribution in [2.75, 3.05) is 7.05 Å². The van der Waals surface area contributed by atoms with Crippen LogP contribution in [-0.4, -0.2) is 11.9 Å². The Morgan fingerprint density at radius 3 is 2.48 bits per heavy atom. The normalized spacial score (nSPS) is 20.8. The predicted octanol–water partition coefficient (Wildman–Crippen LogP) is 5.79. The second kappa shape index (κ2) is 9.97. The Morgan fingerprint density at radius 1 is 0.879 bits per heavy atom. The first-order valence-electron chi connectivity index (χ1n) is 11.1. The molecule has 2 aliphatic heterocycles. The molecule has 0 amide bonds. The van der Waals surface area contributed by atoms with E-state index in [1.54, 1.807) is 0 Å². The molecule has 0 unspecified atom stereocenters. The van der Waals surface area contributed by atoms with E-state index in [2.05, 4.69) is 96.8 Å². The maximum Gasteiger partial charge on any atom is 0.225 e. The van der Waals surface area contributed by atoms with Crippen LogP contribution in [0.25, 0.3) is 11.3 Å². The number of hydrogen-bond donors (Lipinski definition) is 0. The summed E-state index contributed by atoms with van der Waals surface area (Å²) in [5, 5.41) is 2.44. The van der Waals surface area contributed by atoms with Gasteiger partial charge in [0.25, 0.3) is 0 Å². The van der Waals surface area contributed by atoms with Crippen molar-refractivity contribution < 1.29 is 0 Å². The van der Waals surface area contributed by atoms with Gasteiger partial charge in [0.15, 0.2) is 0 Å². The molecule has 0 fully saturated rings. The minimum Gasteiger partial charge on any atom is -0.357 e. The number of benzene rings is 2. The standard InChI is InChI=1S/C31H29N2/c1-5-6-8-16-30-29-23-26(17-18-31(29)33(30)28-14-9-7-10-15-28)27-19-21-32(4)20-12-11-13-24(2)25(3)22-27/h5-23H,2-3H2,1,4H3/q+1/b6-5-,13-11-,16-8-,20-12-,21-19-,27-22+. The molecule has 2 heterocycles. The highest BCUT2D eigenvalue weighted by atomic mass is 15.1. The summed E-state index contributed by atoms with van der Waals surface area (Å²) in [6, 6.07) is 17.1. The summed E-state index contributed by atoms with van der Waals surface area (Å²) >= 11 is 0. The number of para-hydroxylation sites is 1. The van der Waals surface area contributed by atoms with Gasteiger partial charge >= 0.3 is 0 Å². The average Bonchev–Trinajstić information content (AvgIpc) is 2.85. The van der Waals surface area contributed by atoms with E-state index in [0.29, 0.717) is 0 Å². The molecule has 2 heteroatoms. The fourth-order valence-corrected chi connectivity index (χ4v) is 3.81. The Balaban J connectivity index is 1.85. The van der Waals surface area contributed by atoms with Gasteiger partial charge in [0, 0.05) is 43.7 Å². The quantitative estimate of drug-likeness (QED) is 0.441. The third-order valence-electron chi connectivity index (χ3n) is 5.62. The van der Waals surface area contributed by atoms with E-state index in [0.717, 1.165) is 28.0 Å². The smallest absolute Gasteiger partial charge is 0.225 e. The number of rotatable bonds is 4. The van der Waals surface area contributed by atoms with Crippen molar-refractivity contribution in [2.45, 2.75) is 6.92 Å².